The van der Waals surface area contributed by atoms with Crippen LogP contribution < -0.4 is 5.32 Å². The molecule has 0 bridgehead atoms. The van der Waals surface area contributed by atoms with E-state index in [9.17, 15) is 4.79 Å². The Kier molecular flexibility index (Phi) is 4.98. The van der Waals surface area contributed by atoms with Crippen molar-refractivity contribution in [3.8, 4) is 0 Å². The number of hydrogen-bond acceptors (Lipinski definition) is 2. The minimum absolute atomic E-state index is 0.123. The molecule has 0 fully saturated rings. The van der Waals surface area contributed by atoms with Crippen molar-refractivity contribution in [2.24, 2.45) is 0 Å². The van der Waals surface area contributed by atoms with E-state index in [4.69, 9.17) is 0 Å². The molecule has 4 heteroatoms. The average Bonchev–Trinajstić information content (AvgIpc) is 3.03. The Bertz CT molecular complexity index is 905. The maximum absolute atomic E-state index is 12.0. The number of pyridine rings is 1. The van der Waals surface area contributed by atoms with Gasteiger partial charge in [-0.2, -0.15) is 0 Å². The number of hydrogen-bond donors (Lipinski definition) is 1. The summed E-state index contributed by atoms with van der Waals surface area (Å²) >= 11 is 0. The molecule has 0 atom stereocenters. The molecular formula is C21H23N3O. The Hall–Kier alpha value is -2.88. The van der Waals surface area contributed by atoms with Crippen molar-refractivity contribution in [2.75, 3.05) is 0 Å². The highest BCUT2D eigenvalue weighted by molar-refractivity contribution is 5.91. The van der Waals surface area contributed by atoms with E-state index in [1.165, 1.54) is 5.56 Å². The fourth-order valence-electron chi connectivity index (χ4n) is 2.69. The number of rotatable bonds is 5. The predicted molar refractivity (Wildman–Crippen MR) is 101 cm³/mol. The molecule has 0 aliphatic rings. The monoisotopic (exact) mass is 333 g/mol. The van der Waals surface area contributed by atoms with Crippen LogP contribution in [0, 0.1) is 6.92 Å². The number of benzene rings is 1. The standard InChI is InChI=1S/C21H23N3O/c1-15(2)18-9-6-17(7-10-18)8-11-20(25)22-13-19-14-24-12-4-5-16(3)21(24)23-19/h4-12,14-15H,13H2,1-3H3,(H,22,25)/b11-8+. The quantitative estimate of drug-likeness (QED) is 0.715. The van der Waals surface area contributed by atoms with Crippen molar-refractivity contribution in [1.29, 1.82) is 0 Å². The SMILES string of the molecule is Cc1cccn2cc(CNC(=O)/C=C/c3ccc(C(C)C)cc3)nc12. The molecule has 0 aliphatic heterocycles. The summed E-state index contributed by atoms with van der Waals surface area (Å²) < 4.78 is 1.98. The van der Waals surface area contributed by atoms with Gasteiger partial charge in [-0.1, -0.05) is 44.2 Å². The highest BCUT2D eigenvalue weighted by atomic mass is 16.1. The van der Waals surface area contributed by atoms with Gasteiger partial charge in [0.1, 0.15) is 5.65 Å². The summed E-state index contributed by atoms with van der Waals surface area (Å²) in [5.41, 5.74) is 5.20. The summed E-state index contributed by atoms with van der Waals surface area (Å²) in [6.07, 6.45) is 7.29. The molecule has 3 aromatic rings. The number of nitrogens with one attached hydrogen (secondary N) is 1. The minimum atomic E-state index is -0.123. The average molecular weight is 333 g/mol. The van der Waals surface area contributed by atoms with Gasteiger partial charge in [0.2, 0.25) is 5.91 Å². The molecule has 3 rings (SSSR count). The number of fused-ring (bicyclic) bond motifs is 1. The fraction of sp³-hybridized carbons (Fsp3) is 0.238. The van der Waals surface area contributed by atoms with Crippen LogP contribution in [0.3, 0.4) is 0 Å². The van der Waals surface area contributed by atoms with Crippen molar-refractivity contribution in [3.63, 3.8) is 0 Å². The van der Waals surface area contributed by atoms with Crippen LogP contribution in [0.1, 0.15) is 42.1 Å². The number of carbonyl (C=O) groups is 1. The van der Waals surface area contributed by atoms with E-state index in [-0.39, 0.29) is 5.91 Å². The molecule has 128 valence electrons. The second-order valence-electron chi connectivity index (χ2n) is 6.53. The molecule has 0 aliphatic carbocycles. The zero-order valence-electron chi connectivity index (χ0n) is 14.9. The highest BCUT2D eigenvalue weighted by Crippen LogP contribution is 2.15. The van der Waals surface area contributed by atoms with Crippen molar-refractivity contribution in [2.45, 2.75) is 33.2 Å². The van der Waals surface area contributed by atoms with Gasteiger partial charge >= 0.3 is 0 Å². The molecule has 0 radical (unpaired) electrons. The molecule has 1 N–H and O–H groups in total. The summed E-state index contributed by atoms with van der Waals surface area (Å²) in [5.74, 6) is 0.386. The molecule has 0 saturated carbocycles. The first-order valence-corrected chi connectivity index (χ1v) is 8.52. The summed E-state index contributed by atoms with van der Waals surface area (Å²) in [4.78, 5) is 16.6. The van der Waals surface area contributed by atoms with Gasteiger partial charge in [0.25, 0.3) is 0 Å². The van der Waals surface area contributed by atoms with Gasteiger partial charge in [-0.25, -0.2) is 4.98 Å². The topological polar surface area (TPSA) is 46.4 Å². The number of aromatic nitrogens is 2. The van der Waals surface area contributed by atoms with Gasteiger partial charge < -0.3 is 9.72 Å². The summed E-state index contributed by atoms with van der Waals surface area (Å²) in [6, 6.07) is 12.3. The summed E-state index contributed by atoms with van der Waals surface area (Å²) in [5, 5.41) is 2.88. The highest BCUT2D eigenvalue weighted by Gasteiger charge is 2.04. The van der Waals surface area contributed by atoms with E-state index in [0.29, 0.717) is 12.5 Å². The normalized spacial score (nSPS) is 11.5. The molecule has 4 nitrogen and oxygen atoms in total. The first-order valence-electron chi connectivity index (χ1n) is 8.52. The van der Waals surface area contributed by atoms with E-state index >= 15 is 0 Å². The Morgan fingerprint density at radius 2 is 2.00 bits per heavy atom. The number of aryl methyl sites for hydroxylation is 1. The van der Waals surface area contributed by atoms with E-state index < -0.39 is 0 Å². The van der Waals surface area contributed by atoms with Gasteiger partial charge in [0, 0.05) is 18.5 Å². The molecule has 0 unspecified atom stereocenters. The second kappa shape index (κ2) is 7.34. The van der Waals surface area contributed by atoms with Crippen LogP contribution >= 0.6 is 0 Å². The van der Waals surface area contributed by atoms with E-state index in [0.717, 1.165) is 22.5 Å². The molecule has 0 saturated heterocycles. The lowest BCUT2D eigenvalue weighted by Crippen LogP contribution is -2.20. The summed E-state index contributed by atoms with van der Waals surface area (Å²) in [7, 11) is 0. The lowest BCUT2D eigenvalue weighted by molar-refractivity contribution is -0.116. The van der Waals surface area contributed by atoms with Gasteiger partial charge in [-0.3, -0.25) is 4.79 Å². The van der Waals surface area contributed by atoms with E-state index in [2.05, 4.69) is 36.3 Å². The zero-order chi connectivity index (χ0) is 17.8. The third-order valence-electron chi connectivity index (χ3n) is 4.20. The smallest absolute Gasteiger partial charge is 0.244 e. The van der Waals surface area contributed by atoms with Crippen molar-refractivity contribution < 1.29 is 4.79 Å². The first-order chi connectivity index (χ1) is 12.0. The summed E-state index contributed by atoms with van der Waals surface area (Å²) in [6.45, 7) is 6.77. The van der Waals surface area contributed by atoms with Crippen LogP contribution in [0.25, 0.3) is 11.7 Å². The van der Waals surface area contributed by atoms with Gasteiger partial charge in [0.15, 0.2) is 0 Å². The lowest BCUT2D eigenvalue weighted by Gasteiger charge is -2.04. The molecule has 2 aromatic heterocycles. The molecule has 0 spiro atoms. The van der Waals surface area contributed by atoms with Gasteiger partial charge in [-0.15, -0.1) is 0 Å². The Morgan fingerprint density at radius 3 is 2.68 bits per heavy atom. The van der Waals surface area contributed by atoms with Crippen LogP contribution in [0.2, 0.25) is 0 Å². The molecule has 25 heavy (non-hydrogen) atoms. The number of imidazole rings is 1. The Labute approximate surface area is 148 Å². The maximum Gasteiger partial charge on any atom is 0.244 e. The fourth-order valence-corrected chi connectivity index (χ4v) is 2.69. The third-order valence-corrected chi connectivity index (χ3v) is 4.20. The van der Waals surface area contributed by atoms with Crippen LogP contribution in [0.15, 0.2) is 54.9 Å². The Morgan fingerprint density at radius 1 is 1.24 bits per heavy atom. The van der Waals surface area contributed by atoms with E-state index in [1.54, 1.807) is 6.08 Å². The number of nitrogens with zero attached hydrogens (tertiary/aromatic N) is 2. The van der Waals surface area contributed by atoms with Crippen LogP contribution in [-0.4, -0.2) is 15.3 Å². The van der Waals surface area contributed by atoms with Crippen molar-refractivity contribution in [1.82, 2.24) is 14.7 Å². The molecule has 1 amide bonds. The van der Waals surface area contributed by atoms with Crippen LogP contribution in [0.5, 0.6) is 0 Å². The largest absolute Gasteiger partial charge is 0.347 e. The number of amides is 1. The van der Waals surface area contributed by atoms with Crippen molar-refractivity contribution >= 4 is 17.6 Å². The van der Waals surface area contributed by atoms with Crippen LogP contribution in [-0.2, 0) is 11.3 Å². The number of carbonyl (C=O) groups excluding carboxylic acids is 1. The van der Waals surface area contributed by atoms with Crippen molar-refractivity contribution in [3.05, 3.63) is 77.3 Å². The van der Waals surface area contributed by atoms with Crippen LogP contribution in [0.4, 0.5) is 0 Å². The Balaban J connectivity index is 1.59. The van der Waals surface area contributed by atoms with Gasteiger partial charge in [-0.05, 0) is 41.7 Å². The first kappa shape index (κ1) is 17.0. The molecular weight excluding hydrogens is 310 g/mol. The predicted octanol–water partition coefficient (Wildman–Crippen LogP) is 4.10. The third kappa shape index (κ3) is 4.15. The lowest BCUT2D eigenvalue weighted by atomic mass is 10.0. The molecule has 2 heterocycles. The zero-order valence-corrected chi connectivity index (χ0v) is 14.9. The minimum Gasteiger partial charge on any atom is -0.347 e. The second-order valence-corrected chi connectivity index (χ2v) is 6.53. The maximum atomic E-state index is 12.0. The van der Waals surface area contributed by atoms with E-state index in [1.807, 2.05) is 54.1 Å². The molecule has 1 aromatic carbocycles. The van der Waals surface area contributed by atoms with Gasteiger partial charge in [0.05, 0.1) is 12.2 Å².